The maximum Gasteiger partial charge on any atom is 0.330 e. The van der Waals surface area contributed by atoms with Gasteiger partial charge in [0.25, 0.3) is 0 Å². The third-order valence-electron chi connectivity index (χ3n) is 1.53. The molecule has 0 aromatic rings. The van der Waals surface area contributed by atoms with Crippen LogP contribution >= 0.6 is 0 Å². The van der Waals surface area contributed by atoms with Crippen LogP contribution in [-0.2, 0) is 9.53 Å². The molecular formula is C10H19NO2. The zero-order chi connectivity index (χ0) is 9.94. The number of hydrogen-bond acceptors (Lipinski definition) is 3. The van der Waals surface area contributed by atoms with Gasteiger partial charge in [0, 0.05) is 12.6 Å². The smallest absolute Gasteiger partial charge is 0.330 e. The van der Waals surface area contributed by atoms with Crippen molar-refractivity contribution < 1.29 is 9.53 Å². The normalized spacial score (nSPS) is 10.6. The highest BCUT2D eigenvalue weighted by atomic mass is 16.5. The third kappa shape index (κ3) is 9.08. The first kappa shape index (κ1) is 12.2. The Morgan fingerprint density at radius 3 is 2.85 bits per heavy atom. The summed E-state index contributed by atoms with van der Waals surface area (Å²) in [6.45, 7) is 6.13. The molecule has 0 saturated heterocycles. The number of rotatable bonds is 7. The zero-order valence-corrected chi connectivity index (χ0v) is 8.51. The van der Waals surface area contributed by atoms with E-state index in [1.807, 2.05) is 0 Å². The molecule has 0 unspecified atom stereocenters. The summed E-state index contributed by atoms with van der Waals surface area (Å²) in [5.41, 5.74) is 0. The molecule has 0 spiro atoms. The lowest BCUT2D eigenvalue weighted by Gasteiger charge is -2.03. The molecule has 0 bridgehead atoms. The minimum absolute atomic E-state index is 0.264. The summed E-state index contributed by atoms with van der Waals surface area (Å²) >= 11 is 0. The van der Waals surface area contributed by atoms with Crippen LogP contribution < -0.4 is 5.32 Å². The monoisotopic (exact) mass is 185 g/mol. The van der Waals surface area contributed by atoms with Gasteiger partial charge in [-0.1, -0.05) is 19.4 Å². The number of nitrogens with one attached hydrogen (secondary N) is 1. The predicted molar refractivity (Wildman–Crippen MR) is 53.6 cm³/mol. The van der Waals surface area contributed by atoms with E-state index in [0.29, 0.717) is 6.61 Å². The summed E-state index contributed by atoms with van der Waals surface area (Å²) in [6.07, 6.45) is 5.45. The van der Waals surface area contributed by atoms with Crippen molar-refractivity contribution in [2.75, 3.05) is 19.7 Å². The van der Waals surface area contributed by atoms with Crippen molar-refractivity contribution in [3.05, 3.63) is 12.2 Å². The Morgan fingerprint density at radius 2 is 2.23 bits per heavy atom. The number of hydrogen-bond donors (Lipinski definition) is 1. The minimum atomic E-state index is -0.264. The SMILES string of the molecule is CC=CC(=O)OCCNCCCC. The number of esters is 1. The molecule has 3 heteroatoms. The minimum Gasteiger partial charge on any atom is -0.461 e. The maximum atomic E-state index is 10.8. The first-order valence-electron chi connectivity index (χ1n) is 4.81. The molecular weight excluding hydrogens is 166 g/mol. The van der Waals surface area contributed by atoms with Gasteiger partial charge in [0.15, 0.2) is 0 Å². The molecule has 13 heavy (non-hydrogen) atoms. The van der Waals surface area contributed by atoms with Gasteiger partial charge in [-0.05, 0) is 19.9 Å². The van der Waals surface area contributed by atoms with Crippen LogP contribution in [0.15, 0.2) is 12.2 Å². The number of allylic oxidation sites excluding steroid dienone is 1. The van der Waals surface area contributed by atoms with Crippen LogP contribution in [0.4, 0.5) is 0 Å². The highest BCUT2D eigenvalue weighted by molar-refractivity contribution is 5.81. The fraction of sp³-hybridized carbons (Fsp3) is 0.700. The molecule has 0 saturated carbocycles. The average Bonchev–Trinajstić information content (AvgIpc) is 2.11. The second-order valence-corrected chi connectivity index (χ2v) is 2.77. The van der Waals surface area contributed by atoms with Gasteiger partial charge >= 0.3 is 5.97 Å². The van der Waals surface area contributed by atoms with Gasteiger partial charge in [-0.2, -0.15) is 0 Å². The van der Waals surface area contributed by atoms with Crippen molar-refractivity contribution in [3.63, 3.8) is 0 Å². The fourth-order valence-corrected chi connectivity index (χ4v) is 0.835. The van der Waals surface area contributed by atoms with Gasteiger partial charge in [0.05, 0.1) is 0 Å². The Morgan fingerprint density at radius 1 is 1.46 bits per heavy atom. The van der Waals surface area contributed by atoms with Crippen LogP contribution in [0.3, 0.4) is 0 Å². The lowest BCUT2D eigenvalue weighted by Crippen LogP contribution is -2.21. The van der Waals surface area contributed by atoms with Gasteiger partial charge < -0.3 is 10.1 Å². The van der Waals surface area contributed by atoms with E-state index >= 15 is 0 Å². The standard InChI is InChI=1S/C10H19NO2/c1-3-5-7-11-8-9-13-10(12)6-4-2/h4,6,11H,3,5,7-9H2,1-2H3. The van der Waals surface area contributed by atoms with E-state index in [1.54, 1.807) is 13.0 Å². The Labute approximate surface area is 80.2 Å². The van der Waals surface area contributed by atoms with Crippen LogP contribution in [0.25, 0.3) is 0 Å². The summed E-state index contributed by atoms with van der Waals surface area (Å²) in [5.74, 6) is -0.264. The van der Waals surface area contributed by atoms with Gasteiger partial charge in [-0.15, -0.1) is 0 Å². The van der Waals surface area contributed by atoms with E-state index < -0.39 is 0 Å². The molecule has 0 radical (unpaired) electrons. The number of unbranched alkanes of at least 4 members (excludes halogenated alkanes) is 1. The van der Waals surface area contributed by atoms with Gasteiger partial charge in [0.1, 0.15) is 6.61 Å². The first-order valence-corrected chi connectivity index (χ1v) is 4.81. The molecule has 0 aliphatic heterocycles. The summed E-state index contributed by atoms with van der Waals surface area (Å²) in [4.78, 5) is 10.8. The van der Waals surface area contributed by atoms with Crippen LogP contribution in [0.1, 0.15) is 26.7 Å². The molecule has 0 aromatic carbocycles. The van der Waals surface area contributed by atoms with E-state index in [0.717, 1.165) is 13.1 Å². The van der Waals surface area contributed by atoms with E-state index in [1.165, 1.54) is 18.9 Å². The van der Waals surface area contributed by atoms with Crippen LogP contribution in [0.5, 0.6) is 0 Å². The van der Waals surface area contributed by atoms with Crippen molar-refractivity contribution in [2.24, 2.45) is 0 Å². The highest BCUT2D eigenvalue weighted by Gasteiger charge is 1.94. The number of carbonyl (C=O) groups is 1. The molecule has 76 valence electrons. The Hall–Kier alpha value is -0.830. The lowest BCUT2D eigenvalue weighted by atomic mass is 10.3. The Kier molecular flexibility index (Phi) is 8.67. The molecule has 0 atom stereocenters. The van der Waals surface area contributed by atoms with E-state index in [-0.39, 0.29) is 5.97 Å². The Balaban J connectivity index is 3.11. The van der Waals surface area contributed by atoms with Crippen molar-refractivity contribution in [2.45, 2.75) is 26.7 Å². The molecule has 0 heterocycles. The maximum absolute atomic E-state index is 10.8. The fourth-order valence-electron chi connectivity index (χ4n) is 0.835. The number of carbonyl (C=O) groups excluding carboxylic acids is 1. The third-order valence-corrected chi connectivity index (χ3v) is 1.53. The molecule has 3 nitrogen and oxygen atoms in total. The summed E-state index contributed by atoms with van der Waals surface area (Å²) in [5, 5.41) is 3.18. The predicted octanol–water partition coefficient (Wildman–Crippen LogP) is 1.50. The van der Waals surface area contributed by atoms with Crippen molar-refractivity contribution in [1.82, 2.24) is 5.32 Å². The van der Waals surface area contributed by atoms with Crippen molar-refractivity contribution in [3.8, 4) is 0 Å². The average molecular weight is 185 g/mol. The van der Waals surface area contributed by atoms with E-state index in [9.17, 15) is 4.79 Å². The molecule has 1 N–H and O–H groups in total. The first-order chi connectivity index (χ1) is 6.31. The quantitative estimate of drug-likeness (QED) is 0.371. The molecule has 0 amide bonds. The van der Waals surface area contributed by atoms with Crippen molar-refractivity contribution >= 4 is 5.97 Å². The van der Waals surface area contributed by atoms with Crippen LogP contribution in [0.2, 0.25) is 0 Å². The van der Waals surface area contributed by atoms with Gasteiger partial charge in [-0.25, -0.2) is 4.79 Å². The van der Waals surface area contributed by atoms with E-state index in [4.69, 9.17) is 4.74 Å². The largest absolute Gasteiger partial charge is 0.461 e. The lowest BCUT2D eigenvalue weighted by molar-refractivity contribution is -0.137. The van der Waals surface area contributed by atoms with E-state index in [2.05, 4.69) is 12.2 Å². The molecule has 0 fully saturated rings. The molecule has 0 aliphatic carbocycles. The second kappa shape index (κ2) is 9.26. The number of ether oxygens (including phenoxy) is 1. The highest BCUT2D eigenvalue weighted by Crippen LogP contribution is 1.83. The zero-order valence-electron chi connectivity index (χ0n) is 8.51. The second-order valence-electron chi connectivity index (χ2n) is 2.77. The van der Waals surface area contributed by atoms with Crippen LogP contribution in [-0.4, -0.2) is 25.7 Å². The summed E-state index contributed by atoms with van der Waals surface area (Å²) in [6, 6.07) is 0. The molecule has 0 aromatic heterocycles. The van der Waals surface area contributed by atoms with Gasteiger partial charge in [-0.3, -0.25) is 0 Å². The van der Waals surface area contributed by atoms with Gasteiger partial charge in [0.2, 0.25) is 0 Å². The topological polar surface area (TPSA) is 38.3 Å². The molecule has 0 aliphatic rings. The van der Waals surface area contributed by atoms with Crippen LogP contribution in [0, 0.1) is 0 Å². The molecule has 0 rings (SSSR count). The summed E-state index contributed by atoms with van der Waals surface area (Å²) in [7, 11) is 0. The van der Waals surface area contributed by atoms with Crippen molar-refractivity contribution in [1.29, 1.82) is 0 Å². The Bertz CT molecular complexity index is 155. The summed E-state index contributed by atoms with van der Waals surface area (Å²) < 4.78 is 4.87.